The lowest BCUT2D eigenvalue weighted by Crippen LogP contribution is -2.22. The van der Waals surface area contributed by atoms with Crippen LogP contribution in [-0.4, -0.2) is 36.0 Å². The van der Waals surface area contributed by atoms with Crippen LogP contribution in [0.5, 0.6) is 0 Å². The summed E-state index contributed by atoms with van der Waals surface area (Å²) in [6.07, 6.45) is 0.715. The monoisotopic (exact) mass is 302 g/mol. The largest absolute Gasteiger partial charge is 0.392 e. The van der Waals surface area contributed by atoms with Crippen molar-refractivity contribution >= 4 is 33.3 Å². The maximum absolute atomic E-state index is 9.41. The topological polar surface area (TPSA) is 94.8 Å². The average molecular weight is 303 g/mol. The fraction of sp³-hybridized carbons (Fsp3) is 0.333. The first kappa shape index (κ1) is 16.6. The van der Waals surface area contributed by atoms with Gasteiger partial charge in [-0.15, -0.1) is 0 Å². The van der Waals surface area contributed by atoms with Gasteiger partial charge in [-0.3, -0.25) is 4.55 Å². The molecule has 3 N–H and O–H groups in total. The van der Waals surface area contributed by atoms with Crippen molar-refractivity contribution in [1.29, 1.82) is 0 Å². The standard InChI is InChI=1S/C8H8Cl2O2.CH4O3S/c9-7-4-2-1-3-6(7)8(10,12)5-11;1-5(2,3)4/h1-4,11-12H,5H2;1H3,(H,2,3,4). The molecule has 1 aromatic carbocycles. The molecule has 0 saturated carbocycles. The van der Waals surface area contributed by atoms with Gasteiger partial charge in [0, 0.05) is 10.6 Å². The highest BCUT2D eigenvalue weighted by Crippen LogP contribution is 2.30. The van der Waals surface area contributed by atoms with E-state index in [1.165, 1.54) is 0 Å². The number of rotatable bonds is 2. The highest BCUT2D eigenvalue weighted by Gasteiger charge is 2.26. The lowest BCUT2D eigenvalue weighted by Gasteiger charge is -2.18. The Balaban J connectivity index is 0.000000437. The van der Waals surface area contributed by atoms with Crippen LogP contribution in [0.1, 0.15) is 5.56 Å². The first-order chi connectivity index (χ1) is 7.58. The Kier molecular flexibility index (Phi) is 6.39. The zero-order valence-corrected chi connectivity index (χ0v) is 11.2. The van der Waals surface area contributed by atoms with Crippen molar-refractivity contribution in [3.63, 3.8) is 0 Å². The molecule has 5 nitrogen and oxygen atoms in total. The van der Waals surface area contributed by atoms with Gasteiger partial charge in [-0.2, -0.15) is 8.42 Å². The summed E-state index contributed by atoms with van der Waals surface area (Å²) in [7, 11) is -3.67. The molecule has 0 aliphatic carbocycles. The fourth-order valence-electron chi connectivity index (χ4n) is 0.857. The third kappa shape index (κ3) is 7.54. The first-order valence-electron chi connectivity index (χ1n) is 4.27. The zero-order chi connectivity index (χ0) is 13.7. The molecule has 0 aromatic heterocycles. The van der Waals surface area contributed by atoms with Crippen molar-refractivity contribution < 1.29 is 23.2 Å². The molecule has 0 aliphatic rings. The molecule has 1 rings (SSSR count). The molecule has 17 heavy (non-hydrogen) atoms. The zero-order valence-electron chi connectivity index (χ0n) is 8.84. The molecule has 98 valence electrons. The molecule has 0 bridgehead atoms. The highest BCUT2D eigenvalue weighted by atomic mass is 35.5. The van der Waals surface area contributed by atoms with Crippen LogP contribution in [-0.2, 0) is 15.2 Å². The van der Waals surface area contributed by atoms with E-state index in [-0.39, 0.29) is 0 Å². The summed E-state index contributed by atoms with van der Waals surface area (Å²) in [6, 6.07) is 6.56. The lowest BCUT2D eigenvalue weighted by atomic mass is 10.1. The molecule has 8 heteroatoms. The van der Waals surface area contributed by atoms with Gasteiger partial charge in [0.2, 0.25) is 0 Å². The van der Waals surface area contributed by atoms with Gasteiger partial charge in [-0.25, -0.2) is 0 Å². The van der Waals surface area contributed by atoms with Crippen LogP contribution in [0.3, 0.4) is 0 Å². The molecule has 1 aromatic rings. The Morgan fingerprint density at radius 2 is 1.76 bits per heavy atom. The maximum Gasteiger partial charge on any atom is 0.261 e. The number of hydrogen-bond acceptors (Lipinski definition) is 4. The third-order valence-corrected chi connectivity index (χ3v) is 2.15. The summed E-state index contributed by atoms with van der Waals surface area (Å²) in [4.78, 5) is 0. The van der Waals surface area contributed by atoms with Crippen LogP contribution in [0.4, 0.5) is 0 Å². The summed E-state index contributed by atoms with van der Waals surface area (Å²) in [5.74, 6) is 0. The number of aliphatic hydroxyl groups is 2. The van der Waals surface area contributed by atoms with Gasteiger partial charge in [-0.05, 0) is 6.07 Å². The van der Waals surface area contributed by atoms with E-state index in [4.69, 9.17) is 32.9 Å². The van der Waals surface area contributed by atoms with Gasteiger partial charge in [0.05, 0.1) is 12.9 Å². The summed E-state index contributed by atoms with van der Waals surface area (Å²) in [5.41, 5.74) is 0.316. The van der Waals surface area contributed by atoms with Crippen molar-refractivity contribution in [2.24, 2.45) is 0 Å². The number of alkyl halides is 1. The van der Waals surface area contributed by atoms with Crippen LogP contribution in [0.2, 0.25) is 5.02 Å². The molecule has 0 saturated heterocycles. The van der Waals surface area contributed by atoms with Crippen LogP contribution < -0.4 is 0 Å². The van der Waals surface area contributed by atoms with Crippen molar-refractivity contribution in [3.05, 3.63) is 34.9 Å². The number of hydrogen-bond donors (Lipinski definition) is 3. The quantitative estimate of drug-likeness (QED) is 0.564. The predicted molar refractivity (Wildman–Crippen MR) is 65.8 cm³/mol. The minimum Gasteiger partial charge on any atom is -0.392 e. The van der Waals surface area contributed by atoms with Gasteiger partial charge in [-0.1, -0.05) is 41.4 Å². The Morgan fingerprint density at radius 1 is 1.35 bits per heavy atom. The van der Waals surface area contributed by atoms with Gasteiger partial charge in [0.1, 0.15) is 0 Å². The first-order valence-corrected chi connectivity index (χ1v) is 6.88. The van der Waals surface area contributed by atoms with E-state index in [1.807, 2.05) is 0 Å². The molecule has 0 radical (unpaired) electrons. The molecule has 0 spiro atoms. The van der Waals surface area contributed by atoms with Gasteiger partial charge in [0.15, 0.2) is 5.06 Å². The van der Waals surface area contributed by atoms with Gasteiger partial charge >= 0.3 is 0 Å². The molecule has 0 heterocycles. The summed E-state index contributed by atoms with van der Waals surface area (Å²) in [6.45, 7) is -0.571. The van der Waals surface area contributed by atoms with E-state index in [2.05, 4.69) is 0 Å². The molecule has 1 unspecified atom stereocenters. The molecular formula is C9H12Cl2O5S. The fourth-order valence-corrected chi connectivity index (χ4v) is 1.36. The lowest BCUT2D eigenvalue weighted by molar-refractivity contribution is 0.0559. The second kappa shape index (κ2) is 6.53. The molecule has 0 amide bonds. The average Bonchev–Trinajstić information content (AvgIpc) is 2.15. The second-order valence-electron chi connectivity index (χ2n) is 3.13. The maximum atomic E-state index is 9.41. The molecular weight excluding hydrogens is 291 g/mol. The van der Waals surface area contributed by atoms with Crippen LogP contribution in [0, 0.1) is 0 Å². The van der Waals surface area contributed by atoms with Crippen molar-refractivity contribution in [3.8, 4) is 0 Å². The third-order valence-electron chi connectivity index (χ3n) is 1.50. The highest BCUT2D eigenvalue weighted by molar-refractivity contribution is 7.85. The van der Waals surface area contributed by atoms with Crippen LogP contribution >= 0.6 is 23.2 Å². The van der Waals surface area contributed by atoms with Gasteiger partial charge in [0.25, 0.3) is 10.1 Å². The molecule has 0 fully saturated rings. The molecule has 1 atom stereocenters. The van der Waals surface area contributed by atoms with E-state index in [9.17, 15) is 13.5 Å². The number of benzene rings is 1. The minimum atomic E-state index is -3.67. The van der Waals surface area contributed by atoms with Crippen LogP contribution in [0.15, 0.2) is 24.3 Å². The smallest absolute Gasteiger partial charge is 0.261 e. The van der Waals surface area contributed by atoms with E-state index < -0.39 is 21.8 Å². The number of aliphatic hydroxyl groups excluding tert-OH is 1. The Labute approximate surface area is 109 Å². The molecule has 0 aliphatic heterocycles. The van der Waals surface area contributed by atoms with E-state index in [0.717, 1.165) is 0 Å². The Morgan fingerprint density at radius 3 is 2.12 bits per heavy atom. The van der Waals surface area contributed by atoms with Crippen molar-refractivity contribution in [1.82, 2.24) is 0 Å². The van der Waals surface area contributed by atoms with Gasteiger partial charge < -0.3 is 10.2 Å². The Hall–Kier alpha value is -0.370. The number of halogens is 2. The summed E-state index contributed by atoms with van der Waals surface area (Å²) in [5, 5.41) is 16.7. The summed E-state index contributed by atoms with van der Waals surface area (Å²) < 4.78 is 25.9. The Bertz CT molecular complexity index is 450. The van der Waals surface area contributed by atoms with E-state index in [1.54, 1.807) is 24.3 Å². The predicted octanol–water partition coefficient (Wildman–Crippen LogP) is 1.22. The summed E-state index contributed by atoms with van der Waals surface area (Å²) >= 11 is 11.3. The SMILES string of the molecule is CS(=O)(=O)O.OCC(O)(Cl)c1ccccc1Cl. The second-order valence-corrected chi connectivity index (χ2v) is 5.63. The normalized spacial score (nSPS) is 14.5. The van der Waals surface area contributed by atoms with E-state index >= 15 is 0 Å². The van der Waals surface area contributed by atoms with E-state index in [0.29, 0.717) is 16.8 Å². The van der Waals surface area contributed by atoms with Crippen molar-refractivity contribution in [2.75, 3.05) is 12.9 Å². The minimum absolute atomic E-state index is 0.316. The van der Waals surface area contributed by atoms with Crippen molar-refractivity contribution in [2.45, 2.75) is 5.06 Å². The van der Waals surface area contributed by atoms with Crippen LogP contribution in [0.25, 0.3) is 0 Å².